The Labute approximate surface area is 337 Å². The van der Waals surface area contributed by atoms with Crippen molar-refractivity contribution in [2.24, 2.45) is 0 Å². The van der Waals surface area contributed by atoms with Gasteiger partial charge in [0.2, 0.25) is 0 Å². The molecule has 11 aromatic rings. The smallest absolute Gasteiger partial charge is 0.143 e. The first-order valence-electron chi connectivity index (χ1n) is 19.8. The van der Waals surface area contributed by atoms with Gasteiger partial charge >= 0.3 is 0 Å². The van der Waals surface area contributed by atoms with Crippen molar-refractivity contribution in [3.63, 3.8) is 0 Å². The van der Waals surface area contributed by atoms with Crippen molar-refractivity contribution in [3.8, 4) is 44.5 Å². The van der Waals surface area contributed by atoms with E-state index in [1.54, 1.807) is 0 Å². The number of furan rings is 1. The lowest BCUT2D eigenvalue weighted by Gasteiger charge is -2.27. The van der Waals surface area contributed by atoms with Crippen molar-refractivity contribution in [1.29, 1.82) is 0 Å². The van der Waals surface area contributed by atoms with Crippen LogP contribution in [0.1, 0.15) is 0 Å². The van der Waals surface area contributed by atoms with Gasteiger partial charge in [0, 0.05) is 32.9 Å². The van der Waals surface area contributed by atoms with E-state index in [4.69, 9.17) is 4.42 Å². The van der Waals surface area contributed by atoms with E-state index >= 15 is 0 Å². The molecule has 0 aliphatic rings. The Morgan fingerprint density at radius 1 is 0.310 bits per heavy atom. The summed E-state index contributed by atoms with van der Waals surface area (Å²) in [5.41, 5.74) is 14.5. The molecule has 272 valence electrons. The van der Waals surface area contributed by atoms with Crippen molar-refractivity contribution >= 4 is 60.5 Å². The largest absolute Gasteiger partial charge is 0.455 e. The van der Waals surface area contributed by atoms with Gasteiger partial charge < -0.3 is 9.32 Å². The van der Waals surface area contributed by atoms with Gasteiger partial charge in [-0.2, -0.15) is 0 Å². The molecule has 0 unspecified atom stereocenters. The lowest BCUT2D eigenvalue weighted by molar-refractivity contribution is 0.673. The first-order chi connectivity index (χ1) is 28.8. The maximum absolute atomic E-state index is 6.83. The molecule has 2 nitrogen and oxygen atoms in total. The molecular formula is C56H37NO. The molecular weight excluding hydrogens is 703 g/mol. The summed E-state index contributed by atoms with van der Waals surface area (Å²) in [5, 5.41) is 6.85. The minimum absolute atomic E-state index is 0.879. The number of benzene rings is 10. The molecule has 0 saturated heterocycles. The maximum atomic E-state index is 6.83. The van der Waals surface area contributed by atoms with Crippen LogP contribution >= 0.6 is 0 Å². The zero-order chi connectivity index (χ0) is 38.4. The Bertz CT molecular complexity index is 3230. The molecule has 11 rings (SSSR count). The molecule has 58 heavy (non-hydrogen) atoms. The highest BCUT2D eigenvalue weighted by Gasteiger charge is 2.22. The Morgan fingerprint density at radius 2 is 0.759 bits per heavy atom. The summed E-state index contributed by atoms with van der Waals surface area (Å²) in [6.07, 6.45) is 0. The van der Waals surface area contributed by atoms with E-state index in [9.17, 15) is 0 Å². The molecule has 0 saturated carbocycles. The average Bonchev–Trinajstić information content (AvgIpc) is 3.69. The molecule has 0 aliphatic heterocycles. The van der Waals surface area contributed by atoms with Crippen LogP contribution in [0.3, 0.4) is 0 Å². The number of hydrogen-bond acceptors (Lipinski definition) is 2. The first-order valence-corrected chi connectivity index (χ1v) is 19.8. The van der Waals surface area contributed by atoms with Crippen LogP contribution in [-0.4, -0.2) is 0 Å². The van der Waals surface area contributed by atoms with Crippen LogP contribution in [0.5, 0.6) is 0 Å². The molecule has 2 heteroatoms. The first kappa shape index (κ1) is 33.6. The van der Waals surface area contributed by atoms with E-state index in [0.717, 1.165) is 55.3 Å². The fourth-order valence-corrected chi connectivity index (χ4v) is 8.65. The topological polar surface area (TPSA) is 16.4 Å². The fourth-order valence-electron chi connectivity index (χ4n) is 8.65. The predicted octanol–water partition coefficient (Wildman–Crippen LogP) is 16.0. The van der Waals surface area contributed by atoms with Crippen molar-refractivity contribution in [2.75, 3.05) is 4.90 Å². The number of rotatable bonds is 7. The standard InChI is InChI=1S/C56H37NO/c1-3-13-38(14-4-1)40-25-27-41(28-26-40)43-31-35-46(36-32-43)57(45-33-29-42(30-34-45)39-15-5-2-6-16-39)53-37-52-55-50(48-22-11-18-44-17-7-8-19-47(44)48)23-12-24-54(55)58-56(52)51-21-10-9-20-49(51)53/h1-37H. The average molecular weight is 740 g/mol. The molecule has 0 amide bonds. The summed E-state index contributed by atoms with van der Waals surface area (Å²) in [7, 11) is 0. The van der Waals surface area contributed by atoms with Crippen LogP contribution in [0.25, 0.3) is 88.0 Å². The van der Waals surface area contributed by atoms with Crippen LogP contribution < -0.4 is 4.90 Å². The van der Waals surface area contributed by atoms with E-state index in [-0.39, 0.29) is 0 Å². The summed E-state index contributed by atoms with van der Waals surface area (Å²) in [4.78, 5) is 2.40. The second kappa shape index (κ2) is 14.1. The highest BCUT2D eigenvalue weighted by molar-refractivity contribution is 6.23. The molecule has 1 aromatic heterocycles. The highest BCUT2D eigenvalue weighted by Crippen LogP contribution is 2.47. The maximum Gasteiger partial charge on any atom is 0.143 e. The zero-order valence-corrected chi connectivity index (χ0v) is 31.7. The predicted molar refractivity (Wildman–Crippen MR) is 245 cm³/mol. The lowest BCUT2D eigenvalue weighted by atomic mass is 9.93. The van der Waals surface area contributed by atoms with E-state index in [0.29, 0.717) is 0 Å². The Balaban J connectivity index is 1.10. The van der Waals surface area contributed by atoms with E-state index in [1.807, 2.05) is 0 Å². The molecule has 10 aromatic carbocycles. The molecule has 1 heterocycles. The van der Waals surface area contributed by atoms with Crippen molar-refractivity contribution < 1.29 is 4.42 Å². The number of fused-ring (bicyclic) bond motifs is 6. The molecule has 0 fully saturated rings. The van der Waals surface area contributed by atoms with Gasteiger partial charge in [-0.1, -0.05) is 188 Å². The van der Waals surface area contributed by atoms with Crippen LogP contribution in [0.15, 0.2) is 229 Å². The van der Waals surface area contributed by atoms with Crippen LogP contribution in [0, 0.1) is 0 Å². The van der Waals surface area contributed by atoms with Crippen LogP contribution in [-0.2, 0) is 0 Å². The fraction of sp³-hybridized carbons (Fsp3) is 0. The van der Waals surface area contributed by atoms with E-state index < -0.39 is 0 Å². The zero-order valence-electron chi connectivity index (χ0n) is 31.7. The van der Waals surface area contributed by atoms with Crippen LogP contribution in [0.2, 0.25) is 0 Å². The monoisotopic (exact) mass is 739 g/mol. The Kier molecular flexibility index (Phi) is 8.19. The molecule has 0 bridgehead atoms. The summed E-state index contributed by atoms with van der Waals surface area (Å²) in [6, 6.07) is 80.5. The Morgan fingerprint density at radius 3 is 1.36 bits per heavy atom. The second-order valence-corrected chi connectivity index (χ2v) is 14.9. The van der Waals surface area contributed by atoms with Gasteiger partial charge in [0.05, 0.1) is 5.69 Å². The van der Waals surface area contributed by atoms with Gasteiger partial charge in [-0.3, -0.25) is 0 Å². The summed E-state index contributed by atoms with van der Waals surface area (Å²) in [5.74, 6) is 0. The van der Waals surface area contributed by atoms with Gasteiger partial charge in [0.1, 0.15) is 11.2 Å². The van der Waals surface area contributed by atoms with Gasteiger partial charge in [-0.15, -0.1) is 0 Å². The molecule has 0 spiro atoms. The lowest BCUT2D eigenvalue weighted by Crippen LogP contribution is -2.10. The van der Waals surface area contributed by atoms with Crippen molar-refractivity contribution in [2.45, 2.75) is 0 Å². The third kappa shape index (κ3) is 5.82. The number of hydrogen-bond donors (Lipinski definition) is 0. The quantitative estimate of drug-likeness (QED) is 0.162. The van der Waals surface area contributed by atoms with Gasteiger partial charge in [-0.05, 0) is 91.7 Å². The van der Waals surface area contributed by atoms with Crippen LogP contribution in [0.4, 0.5) is 17.1 Å². The molecule has 0 N–H and O–H groups in total. The Hall–Kier alpha value is -7.68. The molecule has 0 atom stereocenters. The highest BCUT2D eigenvalue weighted by atomic mass is 16.3. The van der Waals surface area contributed by atoms with Gasteiger partial charge in [0.25, 0.3) is 0 Å². The van der Waals surface area contributed by atoms with Gasteiger partial charge in [0.15, 0.2) is 0 Å². The van der Waals surface area contributed by atoms with E-state index in [2.05, 4.69) is 229 Å². The number of nitrogens with zero attached hydrogens (tertiary/aromatic N) is 1. The normalized spacial score (nSPS) is 11.4. The van der Waals surface area contributed by atoms with E-state index in [1.165, 1.54) is 49.7 Å². The minimum atomic E-state index is 0.879. The van der Waals surface area contributed by atoms with Gasteiger partial charge in [-0.25, -0.2) is 0 Å². The summed E-state index contributed by atoms with van der Waals surface area (Å²) in [6.45, 7) is 0. The molecule has 0 aliphatic carbocycles. The summed E-state index contributed by atoms with van der Waals surface area (Å²) >= 11 is 0. The van der Waals surface area contributed by atoms with Crippen molar-refractivity contribution in [1.82, 2.24) is 0 Å². The third-order valence-corrected chi connectivity index (χ3v) is 11.5. The van der Waals surface area contributed by atoms with Crippen molar-refractivity contribution in [3.05, 3.63) is 224 Å². The SMILES string of the molecule is c1ccc(-c2ccc(-c3ccc(N(c4ccc(-c5ccccc5)cc4)c4cc5c(oc6cccc(-c7cccc8ccccc78)c65)c5ccccc45)cc3)cc2)cc1. The summed E-state index contributed by atoms with van der Waals surface area (Å²) < 4.78 is 6.83. The second-order valence-electron chi connectivity index (χ2n) is 14.9. The minimum Gasteiger partial charge on any atom is -0.455 e. The third-order valence-electron chi connectivity index (χ3n) is 11.5. The number of anilines is 3. The molecule has 0 radical (unpaired) electrons.